The SMILES string of the molecule is Cc1ccc(-c2nc(-c3ccc(OC(F)(F)F)cc3)no2)c(=O)n1Cc1ccnc(N2CCOCC2)c1. The van der Waals surface area contributed by atoms with Gasteiger partial charge >= 0.3 is 6.36 Å². The molecule has 0 unspecified atom stereocenters. The van der Waals surface area contributed by atoms with Crippen LogP contribution in [0.3, 0.4) is 0 Å². The van der Waals surface area contributed by atoms with E-state index in [0.29, 0.717) is 25.3 Å². The quantitative estimate of drug-likeness (QED) is 0.381. The number of anilines is 1. The van der Waals surface area contributed by atoms with Gasteiger partial charge in [0, 0.05) is 30.5 Å². The molecule has 192 valence electrons. The maximum atomic E-state index is 13.4. The zero-order valence-corrected chi connectivity index (χ0v) is 19.7. The van der Waals surface area contributed by atoms with Gasteiger partial charge in [-0.25, -0.2) is 4.98 Å². The largest absolute Gasteiger partial charge is 0.573 e. The fourth-order valence-electron chi connectivity index (χ4n) is 3.99. The molecule has 9 nitrogen and oxygen atoms in total. The molecule has 3 aromatic heterocycles. The first-order chi connectivity index (χ1) is 17.8. The van der Waals surface area contributed by atoms with E-state index in [1.807, 2.05) is 19.1 Å². The average Bonchev–Trinajstić information content (AvgIpc) is 3.37. The van der Waals surface area contributed by atoms with Crippen molar-refractivity contribution in [1.82, 2.24) is 19.7 Å². The number of aryl methyl sites for hydroxylation is 1. The Labute approximate surface area is 209 Å². The van der Waals surface area contributed by atoms with Gasteiger partial charge in [0.25, 0.3) is 11.4 Å². The topological polar surface area (TPSA) is 95.5 Å². The average molecular weight is 513 g/mol. The number of rotatable bonds is 6. The molecule has 0 N–H and O–H groups in total. The second-order valence-electron chi connectivity index (χ2n) is 8.40. The number of benzene rings is 1. The van der Waals surface area contributed by atoms with Gasteiger partial charge < -0.3 is 23.5 Å². The van der Waals surface area contributed by atoms with Gasteiger partial charge in [0.2, 0.25) is 5.82 Å². The first-order valence-electron chi connectivity index (χ1n) is 11.5. The maximum Gasteiger partial charge on any atom is 0.573 e. The standard InChI is InChI=1S/C25H22F3N5O4/c1-16-2-7-20(23-30-22(31-37-23)18-3-5-19(6-4-18)36-25(26,27)28)24(34)33(16)15-17-8-9-29-21(14-17)32-10-12-35-13-11-32/h2-9,14H,10-13,15H2,1H3. The van der Waals surface area contributed by atoms with Crippen LogP contribution in [0, 0.1) is 6.92 Å². The van der Waals surface area contributed by atoms with E-state index in [4.69, 9.17) is 9.26 Å². The summed E-state index contributed by atoms with van der Waals surface area (Å²) in [5, 5.41) is 3.89. The minimum atomic E-state index is -4.79. The van der Waals surface area contributed by atoms with E-state index in [1.54, 1.807) is 22.9 Å². The lowest BCUT2D eigenvalue weighted by Crippen LogP contribution is -2.36. The Balaban J connectivity index is 1.38. The molecular weight excluding hydrogens is 491 g/mol. The lowest BCUT2D eigenvalue weighted by molar-refractivity contribution is -0.274. The Hall–Kier alpha value is -4.19. The van der Waals surface area contributed by atoms with Gasteiger partial charge in [0.05, 0.1) is 19.8 Å². The van der Waals surface area contributed by atoms with Crippen molar-refractivity contribution in [2.24, 2.45) is 0 Å². The number of aromatic nitrogens is 4. The van der Waals surface area contributed by atoms with Gasteiger partial charge in [-0.2, -0.15) is 4.98 Å². The molecule has 0 amide bonds. The first-order valence-corrected chi connectivity index (χ1v) is 11.5. The molecular formula is C25H22F3N5O4. The minimum absolute atomic E-state index is 0.00750. The van der Waals surface area contributed by atoms with Crippen LogP contribution in [-0.2, 0) is 11.3 Å². The number of pyridine rings is 2. The van der Waals surface area contributed by atoms with Gasteiger partial charge in [-0.15, -0.1) is 13.2 Å². The van der Waals surface area contributed by atoms with Crippen LogP contribution in [0.1, 0.15) is 11.3 Å². The van der Waals surface area contributed by atoms with Crippen LogP contribution < -0.4 is 15.2 Å². The highest BCUT2D eigenvalue weighted by Gasteiger charge is 2.31. The summed E-state index contributed by atoms with van der Waals surface area (Å²) in [7, 11) is 0. The van der Waals surface area contributed by atoms with E-state index >= 15 is 0 Å². The molecule has 1 saturated heterocycles. The molecule has 0 radical (unpaired) electrons. The summed E-state index contributed by atoms with van der Waals surface area (Å²) in [6.07, 6.45) is -3.06. The van der Waals surface area contributed by atoms with Crippen molar-refractivity contribution in [2.75, 3.05) is 31.2 Å². The van der Waals surface area contributed by atoms with Crippen LogP contribution in [0.5, 0.6) is 5.75 Å². The summed E-state index contributed by atoms with van der Waals surface area (Å²) in [6.45, 7) is 4.94. The molecule has 1 fully saturated rings. The summed E-state index contributed by atoms with van der Waals surface area (Å²) < 4.78 is 53.4. The molecule has 37 heavy (non-hydrogen) atoms. The van der Waals surface area contributed by atoms with Crippen molar-refractivity contribution in [3.63, 3.8) is 0 Å². The number of hydrogen-bond acceptors (Lipinski definition) is 8. The normalized spacial score (nSPS) is 14.1. The number of morpholine rings is 1. The van der Waals surface area contributed by atoms with Crippen molar-refractivity contribution in [1.29, 1.82) is 0 Å². The maximum absolute atomic E-state index is 13.4. The Morgan fingerprint density at radius 2 is 1.81 bits per heavy atom. The summed E-state index contributed by atoms with van der Waals surface area (Å²) >= 11 is 0. The van der Waals surface area contributed by atoms with E-state index in [0.717, 1.165) is 42.3 Å². The Bertz CT molecular complexity index is 1440. The van der Waals surface area contributed by atoms with Crippen LogP contribution in [0.15, 0.2) is 64.0 Å². The Kier molecular flexibility index (Phi) is 6.66. The highest BCUT2D eigenvalue weighted by Crippen LogP contribution is 2.26. The monoisotopic (exact) mass is 513 g/mol. The van der Waals surface area contributed by atoms with Crippen LogP contribution in [0.4, 0.5) is 19.0 Å². The Morgan fingerprint density at radius 1 is 1.05 bits per heavy atom. The molecule has 0 atom stereocenters. The highest BCUT2D eigenvalue weighted by atomic mass is 19.4. The fourth-order valence-corrected chi connectivity index (χ4v) is 3.99. The third kappa shape index (κ3) is 5.64. The summed E-state index contributed by atoms with van der Waals surface area (Å²) in [5.41, 5.74) is 1.96. The first kappa shape index (κ1) is 24.5. The van der Waals surface area contributed by atoms with Gasteiger partial charge in [0.1, 0.15) is 17.1 Å². The number of alkyl halides is 3. The lowest BCUT2D eigenvalue weighted by Gasteiger charge is -2.28. The van der Waals surface area contributed by atoms with Gasteiger partial charge in [0.15, 0.2) is 0 Å². The molecule has 5 rings (SSSR count). The van der Waals surface area contributed by atoms with E-state index in [2.05, 4.69) is 24.8 Å². The molecule has 1 aromatic carbocycles. The molecule has 1 aliphatic rings. The van der Waals surface area contributed by atoms with Crippen molar-refractivity contribution in [2.45, 2.75) is 19.8 Å². The third-order valence-corrected chi connectivity index (χ3v) is 5.88. The van der Waals surface area contributed by atoms with Crippen LogP contribution in [0.2, 0.25) is 0 Å². The van der Waals surface area contributed by atoms with Crippen LogP contribution in [0.25, 0.3) is 22.8 Å². The van der Waals surface area contributed by atoms with Gasteiger partial charge in [-0.1, -0.05) is 5.16 Å². The molecule has 0 spiro atoms. The number of halogens is 3. The molecule has 0 bridgehead atoms. The summed E-state index contributed by atoms with van der Waals surface area (Å²) in [5.74, 6) is 0.600. The van der Waals surface area contributed by atoms with Crippen LogP contribution in [-0.4, -0.2) is 52.4 Å². The lowest BCUT2D eigenvalue weighted by atomic mass is 10.2. The number of nitrogens with zero attached hydrogens (tertiary/aromatic N) is 5. The van der Waals surface area contributed by atoms with Crippen molar-refractivity contribution in [3.8, 4) is 28.6 Å². The van der Waals surface area contributed by atoms with Crippen LogP contribution >= 0.6 is 0 Å². The summed E-state index contributed by atoms with van der Waals surface area (Å²) in [4.78, 5) is 24.3. The molecule has 0 aliphatic carbocycles. The fraction of sp³-hybridized carbons (Fsp3) is 0.280. The molecule has 0 saturated carbocycles. The van der Waals surface area contributed by atoms with E-state index in [1.165, 1.54) is 12.1 Å². The second-order valence-corrected chi connectivity index (χ2v) is 8.40. The predicted octanol–water partition coefficient (Wildman–Crippen LogP) is 4.05. The zero-order chi connectivity index (χ0) is 26.0. The van der Waals surface area contributed by atoms with Gasteiger partial charge in [-0.3, -0.25) is 4.79 Å². The molecule has 4 aromatic rings. The summed E-state index contributed by atoms with van der Waals surface area (Å²) in [6, 6.07) is 12.3. The Morgan fingerprint density at radius 3 is 2.54 bits per heavy atom. The van der Waals surface area contributed by atoms with E-state index in [-0.39, 0.29) is 28.6 Å². The second kappa shape index (κ2) is 10.1. The zero-order valence-electron chi connectivity index (χ0n) is 19.7. The number of ether oxygens (including phenoxy) is 2. The third-order valence-electron chi connectivity index (χ3n) is 5.88. The minimum Gasteiger partial charge on any atom is -0.406 e. The molecule has 4 heterocycles. The van der Waals surface area contributed by atoms with Crippen molar-refractivity contribution < 1.29 is 27.2 Å². The smallest absolute Gasteiger partial charge is 0.406 e. The van der Waals surface area contributed by atoms with E-state index in [9.17, 15) is 18.0 Å². The van der Waals surface area contributed by atoms with E-state index < -0.39 is 6.36 Å². The molecule has 1 aliphatic heterocycles. The number of hydrogen-bond donors (Lipinski definition) is 0. The van der Waals surface area contributed by atoms with Gasteiger partial charge in [-0.05, 0) is 61.0 Å². The highest BCUT2D eigenvalue weighted by molar-refractivity contribution is 5.60. The van der Waals surface area contributed by atoms with Crippen molar-refractivity contribution in [3.05, 3.63) is 76.3 Å². The van der Waals surface area contributed by atoms with Crippen molar-refractivity contribution >= 4 is 5.82 Å². The molecule has 12 heteroatoms. The predicted molar refractivity (Wildman–Crippen MR) is 127 cm³/mol.